The largest absolute Gasteiger partial charge is 0.444 e. The molecular weight excluding hydrogens is 240 g/mol. The van der Waals surface area contributed by atoms with Gasteiger partial charge in [0.2, 0.25) is 0 Å². The van der Waals surface area contributed by atoms with E-state index in [1.165, 1.54) is 0 Å². The zero-order valence-electron chi connectivity index (χ0n) is 13.0. The molecule has 0 aromatic carbocycles. The van der Waals surface area contributed by atoms with Gasteiger partial charge in [0.1, 0.15) is 5.60 Å². The molecule has 2 N–H and O–H groups in total. The van der Waals surface area contributed by atoms with Crippen molar-refractivity contribution >= 4 is 6.09 Å². The molecule has 0 bridgehead atoms. The second-order valence-electron chi connectivity index (χ2n) is 7.75. The van der Waals surface area contributed by atoms with E-state index in [1.54, 1.807) is 0 Å². The lowest BCUT2D eigenvalue weighted by molar-refractivity contribution is 0.0142. The van der Waals surface area contributed by atoms with Crippen LogP contribution in [0.15, 0.2) is 0 Å². The molecule has 1 aliphatic heterocycles. The van der Waals surface area contributed by atoms with Gasteiger partial charge in [-0.25, -0.2) is 4.79 Å². The number of carbonyl (C=O) groups is 1. The van der Waals surface area contributed by atoms with Crippen LogP contribution in [0.1, 0.15) is 53.9 Å². The maximum Gasteiger partial charge on any atom is 0.410 e. The molecule has 0 spiro atoms. The van der Waals surface area contributed by atoms with Crippen molar-refractivity contribution in [2.75, 3.05) is 13.1 Å². The molecule has 2 fully saturated rings. The van der Waals surface area contributed by atoms with Crippen molar-refractivity contribution in [1.29, 1.82) is 0 Å². The number of ether oxygens (including phenoxy) is 1. The Bertz CT molecular complexity index is 373. The molecule has 4 nitrogen and oxygen atoms in total. The average Bonchev–Trinajstić information content (AvgIpc) is 2.64. The van der Waals surface area contributed by atoms with Gasteiger partial charge in [0, 0.05) is 24.5 Å². The van der Waals surface area contributed by atoms with Crippen LogP contribution in [0.25, 0.3) is 0 Å². The summed E-state index contributed by atoms with van der Waals surface area (Å²) in [5.41, 5.74) is 5.95. The van der Waals surface area contributed by atoms with Crippen LogP contribution >= 0.6 is 0 Å². The Morgan fingerprint density at radius 3 is 2.42 bits per heavy atom. The van der Waals surface area contributed by atoms with Gasteiger partial charge in [-0.1, -0.05) is 13.8 Å². The first-order chi connectivity index (χ1) is 8.63. The highest BCUT2D eigenvalue weighted by atomic mass is 16.6. The Labute approximate surface area is 116 Å². The first kappa shape index (κ1) is 14.6. The molecule has 19 heavy (non-hydrogen) atoms. The summed E-state index contributed by atoms with van der Waals surface area (Å²) < 4.78 is 5.53. The van der Waals surface area contributed by atoms with Crippen molar-refractivity contribution < 1.29 is 9.53 Å². The number of rotatable bonds is 2. The molecular formula is C15H28N2O2. The number of likely N-dealkylation sites (tertiary alicyclic amines) is 1. The zero-order chi connectivity index (χ0) is 14.5. The molecule has 1 saturated heterocycles. The highest BCUT2D eigenvalue weighted by Crippen LogP contribution is 2.67. The molecule has 2 rings (SSSR count). The van der Waals surface area contributed by atoms with Crippen molar-refractivity contribution in [3.63, 3.8) is 0 Å². The van der Waals surface area contributed by atoms with Crippen LogP contribution in [0.3, 0.4) is 0 Å². The first-order valence-corrected chi connectivity index (χ1v) is 7.33. The fourth-order valence-electron chi connectivity index (χ4n) is 3.68. The summed E-state index contributed by atoms with van der Waals surface area (Å²) in [6.45, 7) is 11.7. The highest BCUT2D eigenvalue weighted by Gasteiger charge is 2.66. The van der Waals surface area contributed by atoms with E-state index in [2.05, 4.69) is 13.8 Å². The van der Waals surface area contributed by atoms with Crippen molar-refractivity contribution in [2.24, 2.45) is 16.6 Å². The molecule has 4 heteroatoms. The summed E-state index contributed by atoms with van der Waals surface area (Å²) in [7, 11) is 0. The standard InChI is InChI=1S/C15H28N2O2/c1-13(2,3)19-12(18)17-8-6-7-11(17)15(10-16)9-14(15,4)5/h11H,6-10,16H2,1-5H3. The van der Waals surface area contributed by atoms with Crippen LogP contribution in [-0.4, -0.2) is 35.7 Å². The number of hydrogen-bond acceptors (Lipinski definition) is 3. The molecule has 2 aliphatic rings. The molecule has 110 valence electrons. The topological polar surface area (TPSA) is 55.6 Å². The molecule has 2 atom stereocenters. The molecule has 1 heterocycles. The van der Waals surface area contributed by atoms with Gasteiger partial charge < -0.3 is 15.4 Å². The van der Waals surface area contributed by atoms with E-state index in [0.29, 0.717) is 6.54 Å². The van der Waals surface area contributed by atoms with Crippen molar-refractivity contribution in [3.05, 3.63) is 0 Å². The summed E-state index contributed by atoms with van der Waals surface area (Å²) in [4.78, 5) is 14.3. The number of carbonyl (C=O) groups excluding carboxylic acids is 1. The van der Waals surface area contributed by atoms with Crippen LogP contribution in [0.5, 0.6) is 0 Å². The van der Waals surface area contributed by atoms with Crippen molar-refractivity contribution in [1.82, 2.24) is 4.90 Å². The molecule has 0 radical (unpaired) electrons. The number of nitrogens with zero attached hydrogens (tertiary/aromatic N) is 1. The lowest BCUT2D eigenvalue weighted by Crippen LogP contribution is -2.47. The molecule has 0 aromatic rings. The number of nitrogens with two attached hydrogens (primary N) is 1. The summed E-state index contributed by atoms with van der Waals surface area (Å²) in [5.74, 6) is 0. The Hall–Kier alpha value is -0.770. The Balaban J connectivity index is 2.12. The summed E-state index contributed by atoms with van der Waals surface area (Å²) in [6.07, 6.45) is 3.05. The SMILES string of the molecule is CC(C)(C)OC(=O)N1CCCC1C1(CN)CC1(C)C. The molecule has 1 amide bonds. The fraction of sp³-hybridized carbons (Fsp3) is 0.933. The zero-order valence-corrected chi connectivity index (χ0v) is 13.0. The van der Waals surface area contributed by atoms with E-state index >= 15 is 0 Å². The van der Waals surface area contributed by atoms with Crippen LogP contribution in [0, 0.1) is 10.8 Å². The van der Waals surface area contributed by atoms with Gasteiger partial charge in [0.05, 0.1) is 0 Å². The number of amides is 1. The van der Waals surface area contributed by atoms with E-state index in [-0.39, 0.29) is 23.0 Å². The lowest BCUT2D eigenvalue weighted by Gasteiger charge is -2.35. The Morgan fingerprint density at radius 1 is 1.42 bits per heavy atom. The molecule has 1 saturated carbocycles. The maximum atomic E-state index is 12.3. The van der Waals surface area contributed by atoms with Crippen molar-refractivity contribution in [2.45, 2.75) is 65.5 Å². The maximum absolute atomic E-state index is 12.3. The van der Waals surface area contributed by atoms with Gasteiger partial charge >= 0.3 is 6.09 Å². The first-order valence-electron chi connectivity index (χ1n) is 7.33. The van der Waals surface area contributed by atoms with Crippen LogP contribution in [0.2, 0.25) is 0 Å². The third kappa shape index (κ3) is 2.47. The third-order valence-corrected chi connectivity index (χ3v) is 4.86. The van der Waals surface area contributed by atoms with Crippen LogP contribution in [-0.2, 0) is 4.74 Å². The normalized spacial score (nSPS) is 33.4. The van der Waals surface area contributed by atoms with Gasteiger partial charge in [-0.2, -0.15) is 0 Å². The minimum atomic E-state index is -0.431. The predicted octanol–water partition coefficient (Wildman–Crippen LogP) is 2.76. The third-order valence-electron chi connectivity index (χ3n) is 4.86. The van der Waals surface area contributed by atoms with Crippen molar-refractivity contribution in [3.8, 4) is 0 Å². The lowest BCUT2D eigenvalue weighted by atomic mass is 9.86. The molecule has 0 aromatic heterocycles. The predicted molar refractivity (Wildman–Crippen MR) is 75.8 cm³/mol. The second-order valence-corrected chi connectivity index (χ2v) is 7.75. The summed E-state index contributed by atoms with van der Waals surface area (Å²) in [5, 5.41) is 0. The van der Waals surface area contributed by atoms with E-state index < -0.39 is 5.60 Å². The highest BCUT2D eigenvalue weighted by molar-refractivity contribution is 5.69. The van der Waals surface area contributed by atoms with Crippen LogP contribution in [0.4, 0.5) is 4.79 Å². The van der Waals surface area contributed by atoms with Crippen LogP contribution < -0.4 is 5.73 Å². The minimum Gasteiger partial charge on any atom is -0.444 e. The number of hydrogen-bond donors (Lipinski definition) is 1. The van der Waals surface area contributed by atoms with Gasteiger partial charge in [0.15, 0.2) is 0 Å². The van der Waals surface area contributed by atoms with Gasteiger partial charge in [0.25, 0.3) is 0 Å². The van der Waals surface area contributed by atoms with E-state index in [4.69, 9.17) is 10.5 Å². The quantitative estimate of drug-likeness (QED) is 0.838. The smallest absolute Gasteiger partial charge is 0.410 e. The minimum absolute atomic E-state index is 0.0976. The Kier molecular flexibility index (Phi) is 3.37. The molecule has 2 unspecified atom stereocenters. The van der Waals surface area contributed by atoms with Gasteiger partial charge in [-0.05, 0) is 45.4 Å². The Morgan fingerprint density at radius 2 is 2.00 bits per heavy atom. The van der Waals surface area contributed by atoms with E-state index in [9.17, 15) is 4.79 Å². The average molecular weight is 268 g/mol. The second kappa shape index (κ2) is 4.37. The van der Waals surface area contributed by atoms with Gasteiger partial charge in [-0.15, -0.1) is 0 Å². The van der Waals surface area contributed by atoms with E-state index in [1.807, 2.05) is 25.7 Å². The summed E-state index contributed by atoms with van der Waals surface area (Å²) >= 11 is 0. The fourth-order valence-corrected chi connectivity index (χ4v) is 3.68. The van der Waals surface area contributed by atoms with E-state index in [0.717, 1.165) is 25.8 Å². The summed E-state index contributed by atoms with van der Waals surface area (Å²) in [6, 6.07) is 0.252. The molecule has 1 aliphatic carbocycles. The monoisotopic (exact) mass is 268 g/mol. The van der Waals surface area contributed by atoms with Gasteiger partial charge in [-0.3, -0.25) is 0 Å².